The summed E-state index contributed by atoms with van der Waals surface area (Å²) in [6.45, 7) is 4.75. The summed E-state index contributed by atoms with van der Waals surface area (Å²) < 4.78 is 10.9. The number of ketones is 2. The van der Waals surface area contributed by atoms with Gasteiger partial charge in [0.1, 0.15) is 12.2 Å². The summed E-state index contributed by atoms with van der Waals surface area (Å²) in [6.07, 6.45) is -0.0784. The second-order valence-corrected chi connectivity index (χ2v) is 13.4. The quantitative estimate of drug-likeness (QED) is 0.203. The Morgan fingerprint density at radius 1 is 0.744 bits per heavy atom. The molecule has 0 aromatic heterocycles. The molecule has 1 N–H and O–H groups in total. The number of nitrogens with one attached hydrogen (secondary N) is 1. The van der Waals surface area contributed by atoms with Crippen molar-refractivity contribution in [1.82, 2.24) is 5.32 Å². The van der Waals surface area contributed by atoms with Gasteiger partial charge in [0.05, 0.1) is 5.29 Å². The van der Waals surface area contributed by atoms with Gasteiger partial charge in [-0.15, -0.1) is 0 Å². The van der Waals surface area contributed by atoms with Crippen LogP contribution in [-0.2, 0) is 19.1 Å². The van der Waals surface area contributed by atoms with Gasteiger partial charge in [-0.1, -0.05) is 91.0 Å². The number of benzene rings is 3. The first-order valence-corrected chi connectivity index (χ1v) is 15.0. The lowest BCUT2D eigenvalue weighted by Gasteiger charge is -2.32. The van der Waals surface area contributed by atoms with Crippen molar-refractivity contribution in [3.8, 4) is 0 Å². The molecule has 0 aliphatic heterocycles. The molecule has 3 aromatic carbocycles. The predicted molar refractivity (Wildman–Crippen MR) is 160 cm³/mol. The van der Waals surface area contributed by atoms with E-state index in [1.54, 1.807) is 20.8 Å². The molecule has 3 aromatic rings. The van der Waals surface area contributed by atoms with Crippen LogP contribution in [0.5, 0.6) is 0 Å². The molecule has 7 heteroatoms. The van der Waals surface area contributed by atoms with E-state index in [0.29, 0.717) is 13.0 Å². The Bertz CT molecular complexity index is 1200. The van der Waals surface area contributed by atoms with Gasteiger partial charge in [-0.3, -0.25) is 9.59 Å². The lowest BCUT2D eigenvalue weighted by molar-refractivity contribution is -0.119. The summed E-state index contributed by atoms with van der Waals surface area (Å²) in [4.78, 5) is 40.2. The molecule has 0 heterocycles. The molecule has 0 aliphatic carbocycles. The van der Waals surface area contributed by atoms with Gasteiger partial charge < -0.3 is 14.8 Å². The van der Waals surface area contributed by atoms with Gasteiger partial charge in [0, 0.05) is 19.6 Å². The molecule has 0 radical (unpaired) electrons. The van der Waals surface area contributed by atoms with Gasteiger partial charge in [-0.2, -0.15) is 0 Å². The molecule has 0 atom stereocenters. The Balaban J connectivity index is 2.19. The lowest BCUT2D eigenvalue weighted by atomic mass is 10.1. The van der Waals surface area contributed by atoms with Crippen LogP contribution in [0.4, 0.5) is 4.79 Å². The van der Waals surface area contributed by atoms with E-state index in [1.165, 1.54) is 0 Å². The fourth-order valence-corrected chi connectivity index (χ4v) is 8.91. The number of rotatable bonds is 12. The van der Waals surface area contributed by atoms with Gasteiger partial charge in [0.2, 0.25) is 0 Å². The number of hydrogen-bond donors (Lipinski definition) is 1. The van der Waals surface area contributed by atoms with Crippen LogP contribution in [0.15, 0.2) is 91.0 Å². The van der Waals surface area contributed by atoms with Crippen molar-refractivity contribution in [3.63, 3.8) is 0 Å². The fourth-order valence-electron chi connectivity index (χ4n) is 4.45. The Morgan fingerprint density at radius 2 is 1.21 bits per heavy atom. The average molecular weight is 548 g/mol. The van der Waals surface area contributed by atoms with Crippen molar-refractivity contribution in [2.75, 3.05) is 19.8 Å². The number of carbonyl (C=O) groups is 3. The summed E-state index contributed by atoms with van der Waals surface area (Å²) >= 11 is 0. The maximum atomic E-state index is 14.2. The van der Waals surface area contributed by atoms with Crippen LogP contribution in [0.25, 0.3) is 0 Å². The maximum Gasteiger partial charge on any atom is 0.407 e. The molecule has 39 heavy (non-hydrogen) atoms. The first kappa shape index (κ1) is 30.1. The minimum Gasteiger partial charge on any atom is -0.444 e. The van der Waals surface area contributed by atoms with Crippen molar-refractivity contribution in [3.05, 3.63) is 91.0 Å². The van der Waals surface area contributed by atoms with E-state index in [2.05, 4.69) is 5.32 Å². The van der Waals surface area contributed by atoms with Gasteiger partial charge >= 0.3 is 6.09 Å². The van der Waals surface area contributed by atoms with E-state index < -0.39 is 18.6 Å². The molecule has 0 aliphatic rings. The molecule has 0 unspecified atom stereocenters. The molecule has 0 bridgehead atoms. The second kappa shape index (κ2) is 14.1. The Hall–Kier alpha value is -3.47. The van der Waals surface area contributed by atoms with Crippen LogP contribution in [0.2, 0.25) is 0 Å². The molecular weight excluding hydrogens is 509 g/mol. The number of hydrogen-bond acceptors (Lipinski definition) is 5. The van der Waals surface area contributed by atoms with Crippen molar-refractivity contribution >= 4 is 45.8 Å². The van der Waals surface area contributed by atoms with Crippen LogP contribution < -0.4 is 21.2 Å². The van der Waals surface area contributed by atoms with E-state index >= 15 is 0 Å². The van der Waals surface area contributed by atoms with Gasteiger partial charge in [-0.25, -0.2) is 4.79 Å². The fraction of sp³-hybridized carbons (Fsp3) is 0.312. The summed E-state index contributed by atoms with van der Waals surface area (Å²) in [5, 5.41) is 5.73. The van der Waals surface area contributed by atoms with Gasteiger partial charge in [0.25, 0.3) is 0 Å². The predicted octanol–water partition coefficient (Wildman–Crippen LogP) is 4.63. The second-order valence-electron chi connectivity index (χ2n) is 10.0. The zero-order valence-electron chi connectivity index (χ0n) is 23.2. The summed E-state index contributed by atoms with van der Waals surface area (Å²) in [5.74, 6) is -0.553. The number of carbonyl (C=O) groups excluding carboxylic acids is 3. The van der Waals surface area contributed by atoms with Crippen LogP contribution >= 0.6 is 6.89 Å². The third-order valence-electron chi connectivity index (χ3n) is 5.98. The van der Waals surface area contributed by atoms with Crippen LogP contribution in [-0.4, -0.2) is 48.3 Å². The minimum atomic E-state index is -2.89. The van der Waals surface area contributed by atoms with Crippen LogP contribution in [0, 0.1) is 0 Å². The zero-order valence-corrected chi connectivity index (χ0v) is 24.1. The number of amides is 1. The van der Waals surface area contributed by atoms with E-state index in [4.69, 9.17) is 9.47 Å². The summed E-state index contributed by atoms with van der Waals surface area (Å²) in [7, 11) is 0. The van der Waals surface area contributed by atoms with E-state index in [9.17, 15) is 14.4 Å². The highest BCUT2D eigenvalue weighted by molar-refractivity contribution is 7.97. The van der Waals surface area contributed by atoms with E-state index in [1.807, 2.05) is 97.9 Å². The first-order valence-electron chi connectivity index (χ1n) is 13.2. The van der Waals surface area contributed by atoms with Crippen LogP contribution in [0.3, 0.4) is 0 Å². The van der Waals surface area contributed by atoms with E-state index in [0.717, 1.165) is 15.9 Å². The molecule has 206 valence electrons. The summed E-state index contributed by atoms with van der Waals surface area (Å²) in [6, 6.07) is 29.4. The van der Waals surface area contributed by atoms with Gasteiger partial charge in [-0.05, 0) is 56.9 Å². The van der Waals surface area contributed by atoms with Crippen molar-refractivity contribution in [2.45, 2.75) is 46.1 Å². The topological polar surface area (TPSA) is 81.7 Å². The molecule has 3 rings (SSSR count). The Labute approximate surface area is 231 Å². The number of alkyl carbamates (subject to hydrolysis) is 1. The van der Waals surface area contributed by atoms with Crippen LogP contribution in [0.1, 0.15) is 40.5 Å². The normalized spacial score (nSPS) is 11.5. The highest BCUT2D eigenvalue weighted by atomic mass is 31.2. The molecule has 0 fully saturated rings. The number of Topliss-reactive ketones (excluding diaryl/α,β-unsaturated/α-hetero) is 2. The smallest absolute Gasteiger partial charge is 0.407 e. The molecule has 0 spiro atoms. The molecule has 0 saturated heterocycles. The molecule has 0 saturated carbocycles. The average Bonchev–Trinajstić information content (AvgIpc) is 2.93. The van der Waals surface area contributed by atoms with Crippen molar-refractivity contribution < 1.29 is 23.9 Å². The maximum absolute atomic E-state index is 14.2. The monoisotopic (exact) mass is 547 g/mol. The third kappa shape index (κ3) is 7.78. The zero-order chi connectivity index (χ0) is 28.3. The molecule has 1 amide bonds. The standard InChI is InChI=1S/C32H38NO5P/c1-5-37-24-29(35)30(28(34)22-15-23-33-31(36)38-32(2,3)4)39(25-16-9-6-10-17-25,26-18-11-7-12-19-26)27-20-13-8-14-21-27/h6-14,16-21H,5,15,22-24H2,1-4H3,(H,33,36). The third-order valence-corrected chi connectivity index (χ3v) is 10.4. The lowest BCUT2D eigenvalue weighted by Crippen LogP contribution is -2.39. The SMILES string of the molecule is CCOCC(=O)C(C(=O)CCCNC(=O)OC(C)(C)C)=P(c1ccccc1)(c1ccccc1)c1ccccc1. The largest absolute Gasteiger partial charge is 0.444 e. The molecular formula is C32H38NO5P. The van der Waals surface area contributed by atoms with Crippen molar-refractivity contribution in [2.24, 2.45) is 0 Å². The first-order chi connectivity index (χ1) is 18.7. The minimum absolute atomic E-state index is 0.0945. The highest BCUT2D eigenvalue weighted by Gasteiger charge is 2.36. The van der Waals surface area contributed by atoms with Gasteiger partial charge in [0.15, 0.2) is 11.6 Å². The summed E-state index contributed by atoms with van der Waals surface area (Å²) in [5.41, 5.74) is -0.613. The Kier molecular flexibility index (Phi) is 10.8. The van der Waals surface area contributed by atoms with Crippen molar-refractivity contribution in [1.29, 1.82) is 0 Å². The number of ether oxygens (including phenoxy) is 2. The highest BCUT2D eigenvalue weighted by Crippen LogP contribution is 2.46. The Morgan fingerprint density at radius 3 is 1.62 bits per heavy atom. The van der Waals surface area contributed by atoms with E-state index in [-0.39, 0.29) is 36.4 Å². The molecule has 6 nitrogen and oxygen atoms in total.